The molecule has 3 heterocycles. The number of pyridine rings is 1. The Balaban J connectivity index is 1.69. The number of carbonyl (C=O) groups excluding carboxylic acids is 1. The molecule has 1 amide bonds. The Morgan fingerprint density at radius 3 is 2.60 bits per heavy atom. The molecule has 1 aromatic carbocycles. The second-order valence-corrected chi connectivity index (χ2v) is 10.4. The first-order chi connectivity index (χ1) is 16.3. The molecule has 2 aliphatic heterocycles. The number of hydrogen-bond donors (Lipinski definition) is 2. The molecule has 2 aliphatic rings. The van der Waals surface area contributed by atoms with E-state index >= 15 is 0 Å². The van der Waals surface area contributed by atoms with E-state index in [0.717, 1.165) is 13.2 Å². The number of nitrogens with one attached hydrogen (secondary N) is 2. The van der Waals surface area contributed by atoms with Gasteiger partial charge >= 0.3 is 0 Å². The lowest BCUT2D eigenvalue weighted by molar-refractivity contribution is -0.319. The van der Waals surface area contributed by atoms with Crippen molar-refractivity contribution in [3.05, 3.63) is 42.1 Å². The zero-order valence-electron chi connectivity index (χ0n) is 18.6. The van der Waals surface area contributed by atoms with Gasteiger partial charge in [-0.1, -0.05) is 0 Å². The highest BCUT2D eigenvalue weighted by Crippen LogP contribution is 2.43. The van der Waals surface area contributed by atoms with Crippen molar-refractivity contribution >= 4 is 27.0 Å². The predicted molar refractivity (Wildman–Crippen MR) is 116 cm³/mol. The smallest absolute Gasteiger partial charge is 0.293 e. The van der Waals surface area contributed by atoms with Crippen LogP contribution in [-0.2, 0) is 24.0 Å². The van der Waals surface area contributed by atoms with Gasteiger partial charge in [0.25, 0.3) is 5.92 Å². The molecule has 14 heteroatoms. The first-order valence-electron chi connectivity index (χ1n) is 10.3. The topological polar surface area (TPSA) is 114 Å². The highest BCUT2D eigenvalue weighted by atomic mass is 32.2. The lowest BCUT2D eigenvalue weighted by Gasteiger charge is -2.37. The summed E-state index contributed by atoms with van der Waals surface area (Å²) in [6.45, 7) is -2.13. The maximum atomic E-state index is 14.4. The van der Waals surface area contributed by atoms with Gasteiger partial charge in [-0.3, -0.25) is 4.79 Å². The molecule has 9 nitrogen and oxygen atoms in total. The average molecular weight is 518 g/mol. The fraction of sp³-hybridized carbons (Fsp3) is 0.429. The van der Waals surface area contributed by atoms with E-state index in [9.17, 15) is 26.6 Å². The lowest BCUT2D eigenvalue weighted by Crippen LogP contribution is -2.51. The number of methoxy groups -OCH3 is 1. The van der Waals surface area contributed by atoms with Crippen LogP contribution in [0.25, 0.3) is 0 Å². The highest BCUT2D eigenvalue weighted by molar-refractivity contribution is 7.91. The third-order valence-corrected chi connectivity index (χ3v) is 6.65. The van der Waals surface area contributed by atoms with Gasteiger partial charge < -0.3 is 24.4 Å². The molecule has 4 rings (SSSR count). The number of halogens is 4. The van der Waals surface area contributed by atoms with Crippen LogP contribution < -0.4 is 15.0 Å². The Hall–Kier alpha value is -2.97. The Morgan fingerprint density at radius 2 is 1.97 bits per heavy atom. The first-order valence-corrected chi connectivity index (χ1v) is 12.3. The van der Waals surface area contributed by atoms with E-state index in [2.05, 4.69) is 10.3 Å². The van der Waals surface area contributed by atoms with E-state index in [-0.39, 0.29) is 29.4 Å². The molecule has 35 heavy (non-hydrogen) atoms. The van der Waals surface area contributed by atoms with E-state index in [1.807, 2.05) is 0 Å². The van der Waals surface area contributed by atoms with Gasteiger partial charge in [-0.2, -0.15) is 4.39 Å². The molecule has 0 aliphatic carbocycles. The predicted octanol–water partition coefficient (Wildman–Crippen LogP) is 3.00. The Kier molecular flexibility index (Phi) is 6.40. The van der Waals surface area contributed by atoms with E-state index in [1.165, 1.54) is 35.6 Å². The summed E-state index contributed by atoms with van der Waals surface area (Å²) in [5.41, 5.74) is 0.170. The van der Waals surface area contributed by atoms with E-state index in [1.54, 1.807) is 0 Å². The Labute approximate surface area is 198 Å². The molecule has 2 atom stereocenters. The van der Waals surface area contributed by atoms with Crippen molar-refractivity contribution < 1.29 is 40.8 Å². The third kappa shape index (κ3) is 5.04. The number of nitrogens with zero attached hydrogens (tertiary/aromatic N) is 2. The van der Waals surface area contributed by atoms with Crippen molar-refractivity contribution in [3.8, 4) is 5.75 Å². The maximum Gasteiger partial charge on any atom is 0.293 e. The van der Waals surface area contributed by atoms with E-state index in [4.69, 9.17) is 19.0 Å². The number of amides is 1. The van der Waals surface area contributed by atoms with Crippen LogP contribution in [-0.4, -0.2) is 66.0 Å². The Morgan fingerprint density at radius 1 is 1.29 bits per heavy atom. The van der Waals surface area contributed by atoms with Crippen molar-refractivity contribution in [1.82, 2.24) is 4.98 Å². The van der Waals surface area contributed by atoms with Gasteiger partial charge in [0.15, 0.2) is 17.4 Å². The van der Waals surface area contributed by atoms with Gasteiger partial charge in [0.1, 0.15) is 24.3 Å². The number of alkyl halides is 2. The maximum absolute atomic E-state index is 14.4. The second-order valence-electron chi connectivity index (χ2n) is 8.32. The first kappa shape index (κ1) is 25.1. The van der Waals surface area contributed by atoms with Crippen LogP contribution in [0.2, 0.25) is 0 Å². The van der Waals surface area contributed by atoms with Gasteiger partial charge in [-0.15, -0.1) is 0 Å². The molecule has 190 valence electrons. The molecular weight excluding hydrogens is 496 g/mol. The third-order valence-electron chi connectivity index (χ3n) is 5.63. The summed E-state index contributed by atoms with van der Waals surface area (Å²) in [5, 5.41) is 2.54. The van der Waals surface area contributed by atoms with Crippen LogP contribution in [0.5, 0.6) is 5.75 Å². The minimum atomic E-state index is -3.22. The van der Waals surface area contributed by atoms with Crippen molar-refractivity contribution in [3.63, 3.8) is 0 Å². The molecule has 0 radical (unpaired) electrons. The SMILES string of the molecule is COc1c(N2CC3(C[C@H]2C(=O)Nc2ccnc([S@](C)(=N)=O)c2)OCC(F)(F)CO3)ccc(F)c1F. The number of rotatable bonds is 5. The van der Waals surface area contributed by atoms with Crippen LogP contribution in [0.3, 0.4) is 0 Å². The number of anilines is 2. The molecular formula is C21H22F4N4O5S. The minimum absolute atomic E-state index is 0.00823. The van der Waals surface area contributed by atoms with E-state index < -0.39 is 64.0 Å². The minimum Gasteiger partial charge on any atom is -0.491 e. The van der Waals surface area contributed by atoms with Crippen LogP contribution in [0.4, 0.5) is 28.9 Å². The van der Waals surface area contributed by atoms with Gasteiger partial charge in [-0.05, 0) is 24.3 Å². The Bertz CT molecular complexity index is 1250. The van der Waals surface area contributed by atoms with Crippen LogP contribution >= 0.6 is 0 Å². The van der Waals surface area contributed by atoms with Crippen molar-refractivity contribution in [2.75, 3.05) is 43.3 Å². The summed E-state index contributed by atoms with van der Waals surface area (Å²) >= 11 is 0. The summed E-state index contributed by atoms with van der Waals surface area (Å²) in [5.74, 6) is -8.42. The fourth-order valence-electron chi connectivity index (χ4n) is 3.96. The van der Waals surface area contributed by atoms with Crippen LogP contribution in [0, 0.1) is 16.4 Å². The summed E-state index contributed by atoms with van der Waals surface area (Å²) in [6.07, 6.45) is 2.23. The fourth-order valence-corrected chi connectivity index (χ4v) is 4.57. The van der Waals surface area contributed by atoms with Gasteiger partial charge in [0.05, 0.1) is 29.1 Å². The van der Waals surface area contributed by atoms with Gasteiger partial charge in [0.2, 0.25) is 11.7 Å². The molecule has 0 saturated carbocycles. The zero-order valence-corrected chi connectivity index (χ0v) is 19.5. The molecule has 0 unspecified atom stereocenters. The number of ether oxygens (including phenoxy) is 3. The van der Waals surface area contributed by atoms with Gasteiger partial charge in [0, 0.05) is 24.6 Å². The molecule has 2 aromatic rings. The monoisotopic (exact) mass is 518 g/mol. The number of hydrogen-bond acceptors (Lipinski definition) is 8. The summed E-state index contributed by atoms with van der Waals surface area (Å²) in [7, 11) is -2.04. The quantitative estimate of drug-likeness (QED) is 0.585. The highest BCUT2D eigenvalue weighted by Gasteiger charge is 2.55. The average Bonchev–Trinajstić information content (AvgIpc) is 3.17. The molecule has 2 N–H and O–H groups in total. The normalized spacial score (nSPS) is 22.6. The van der Waals surface area contributed by atoms with Crippen molar-refractivity contribution in [2.45, 2.75) is 29.2 Å². The van der Waals surface area contributed by atoms with E-state index in [0.29, 0.717) is 0 Å². The van der Waals surface area contributed by atoms with Crippen molar-refractivity contribution in [1.29, 1.82) is 4.78 Å². The molecule has 0 bridgehead atoms. The number of carbonyl (C=O) groups is 1. The standard InChI is InChI=1S/C21H22F4N4O5S/c1-32-18-14(4-3-13(22)17(18)23)29-9-21(33-10-20(24,25)11-34-21)8-15(29)19(30)28-12-5-6-27-16(7-12)35(2,26)31/h3-7,15,26H,8-11H2,1-2H3,(H,27,28,30)/t15-,35+/m0/s1. The van der Waals surface area contributed by atoms with Crippen LogP contribution in [0.15, 0.2) is 35.5 Å². The number of aromatic nitrogens is 1. The van der Waals surface area contributed by atoms with Crippen LogP contribution in [0.1, 0.15) is 6.42 Å². The molecule has 1 aromatic heterocycles. The lowest BCUT2D eigenvalue weighted by atomic mass is 10.1. The second kappa shape index (κ2) is 8.91. The largest absolute Gasteiger partial charge is 0.491 e. The zero-order chi connectivity index (χ0) is 25.6. The summed E-state index contributed by atoms with van der Waals surface area (Å²) in [6, 6.07) is 3.59. The molecule has 2 fully saturated rings. The number of benzene rings is 1. The van der Waals surface area contributed by atoms with Crippen molar-refractivity contribution in [2.24, 2.45) is 0 Å². The summed E-state index contributed by atoms with van der Waals surface area (Å²) in [4.78, 5) is 18.5. The summed E-state index contributed by atoms with van der Waals surface area (Å²) < 4.78 is 91.0. The molecule has 2 saturated heterocycles. The molecule has 1 spiro atoms. The van der Waals surface area contributed by atoms with Gasteiger partial charge in [-0.25, -0.2) is 27.1 Å².